The monoisotopic (exact) mass is 421 g/mol. The van der Waals surface area contributed by atoms with Gasteiger partial charge < -0.3 is 5.32 Å². The van der Waals surface area contributed by atoms with Gasteiger partial charge in [0.15, 0.2) is 5.16 Å². The molecule has 4 aromatic rings. The number of nitrogens with one attached hydrogen (secondary N) is 1. The van der Waals surface area contributed by atoms with Gasteiger partial charge in [-0.1, -0.05) is 42.1 Å². The lowest BCUT2D eigenvalue weighted by molar-refractivity contribution is 0.102. The van der Waals surface area contributed by atoms with E-state index in [2.05, 4.69) is 10.3 Å². The summed E-state index contributed by atoms with van der Waals surface area (Å²) in [7, 11) is 0. The number of carbonyl (C=O) groups excluding carboxylic acids is 1. The average Bonchev–Trinajstić information content (AvgIpc) is 3.22. The maximum atomic E-state index is 12.6. The number of nitrogens with zero attached hydrogens (tertiary/aromatic N) is 2. The molecule has 0 radical (unpaired) electrons. The fraction of sp³-hybridized carbons (Fsp3) is 0.136. The molecular formula is C22H19N3O2S2. The topological polar surface area (TPSA) is 64.0 Å². The first-order valence-corrected chi connectivity index (χ1v) is 11.1. The summed E-state index contributed by atoms with van der Waals surface area (Å²) in [5, 5.41) is 5.49. The predicted octanol–water partition coefficient (Wildman–Crippen LogP) is 5.02. The zero-order chi connectivity index (χ0) is 20.2. The van der Waals surface area contributed by atoms with Crippen LogP contribution in [0, 0.1) is 0 Å². The van der Waals surface area contributed by atoms with Crippen LogP contribution in [0.2, 0.25) is 0 Å². The van der Waals surface area contributed by atoms with Gasteiger partial charge in [0.1, 0.15) is 4.70 Å². The summed E-state index contributed by atoms with van der Waals surface area (Å²) in [6.07, 6.45) is 0. The van der Waals surface area contributed by atoms with E-state index in [1.807, 2.05) is 73.0 Å². The van der Waals surface area contributed by atoms with E-state index >= 15 is 0 Å². The highest BCUT2D eigenvalue weighted by molar-refractivity contribution is 7.98. The van der Waals surface area contributed by atoms with Crippen molar-refractivity contribution in [3.8, 4) is 0 Å². The fourth-order valence-corrected chi connectivity index (χ4v) is 4.73. The minimum Gasteiger partial charge on any atom is -0.322 e. The smallest absolute Gasteiger partial charge is 0.272 e. The Morgan fingerprint density at radius 2 is 1.86 bits per heavy atom. The van der Waals surface area contributed by atoms with Crippen molar-refractivity contribution in [3.63, 3.8) is 0 Å². The third kappa shape index (κ3) is 4.26. The molecule has 0 aliphatic carbocycles. The Labute approximate surface area is 176 Å². The number of aromatic nitrogens is 2. The van der Waals surface area contributed by atoms with Crippen LogP contribution < -0.4 is 10.9 Å². The number of thiophene rings is 1. The predicted molar refractivity (Wildman–Crippen MR) is 120 cm³/mol. The molecule has 1 amide bonds. The Kier molecular flexibility index (Phi) is 5.78. The molecule has 146 valence electrons. The van der Waals surface area contributed by atoms with Crippen molar-refractivity contribution >= 4 is 44.9 Å². The largest absolute Gasteiger partial charge is 0.322 e. The molecule has 0 aliphatic heterocycles. The Hall–Kier alpha value is -2.90. The SMILES string of the molecule is CCn1c(SCc2ccc(C(=O)Nc3ccccc3)cc2)nc2ccsc2c1=O. The number of anilines is 1. The summed E-state index contributed by atoms with van der Waals surface area (Å²) in [6, 6.07) is 18.8. The first-order chi connectivity index (χ1) is 14.2. The van der Waals surface area contributed by atoms with Crippen LogP contribution in [0.15, 0.2) is 76.0 Å². The third-order valence-corrected chi connectivity index (χ3v) is 6.40. The number of hydrogen-bond acceptors (Lipinski definition) is 5. The van der Waals surface area contributed by atoms with Gasteiger partial charge >= 0.3 is 0 Å². The molecule has 5 nitrogen and oxygen atoms in total. The number of rotatable bonds is 6. The van der Waals surface area contributed by atoms with Gasteiger partial charge in [-0.2, -0.15) is 0 Å². The van der Waals surface area contributed by atoms with Crippen LogP contribution >= 0.6 is 23.1 Å². The Morgan fingerprint density at radius 1 is 1.10 bits per heavy atom. The molecule has 0 bridgehead atoms. The number of hydrogen-bond donors (Lipinski definition) is 1. The molecule has 2 heterocycles. The maximum absolute atomic E-state index is 12.6. The number of benzene rings is 2. The molecule has 2 aromatic carbocycles. The molecule has 0 atom stereocenters. The van der Waals surface area contributed by atoms with E-state index in [0.717, 1.165) is 16.8 Å². The molecular weight excluding hydrogens is 402 g/mol. The zero-order valence-electron chi connectivity index (χ0n) is 15.8. The molecule has 7 heteroatoms. The van der Waals surface area contributed by atoms with Crippen LogP contribution in [0.25, 0.3) is 10.2 Å². The van der Waals surface area contributed by atoms with Crippen LogP contribution in [0.3, 0.4) is 0 Å². The molecule has 0 aliphatic rings. The molecule has 1 N–H and O–H groups in total. The minimum absolute atomic E-state index is 0.0166. The van der Waals surface area contributed by atoms with Crippen LogP contribution in [0.1, 0.15) is 22.8 Å². The number of fused-ring (bicyclic) bond motifs is 1. The van der Waals surface area contributed by atoms with E-state index in [9.17, 15) is 9.59 Å². The van der Waals surface area contributed by atoms with Crippen molar-refractivity contribution in [2.75, 3.05) is 5.32 Å². The van der Waals surface area contributed by atoms with Crippen LogP contribution in [-0.4, -0.2) is 15.5 Å². The first-order valence-electron chi connectivity index (χ1n) is 9.22. The van der Waals surface area contributed by atoms with Crippen molar-refractivity contribution in [2.45, 2.75) is 24.4 Å². The number of thioether (sulfide) groups is 1. The minimum atomic E-state index is -0.139. The average molecular weight is 422 g/mol. The van der Waals surface area contributed by atoms with Gasteiger partial charge in [-0.05, 0) is 48.2 Å². The van der Waals surface area contributed by atoms with E-state index in [4.69, 9.17) is 0 Å². The summed E-state index contributed by atoms with van der Waals surface area (Å²) in [5.74, 6) is 0.530. The lowest BCUT2D eigenvalue weighted by Crippen LogP contribution is -2.21. The van der Waals surface area contributed by atoms with Gasteiger partial charge in [-0.25, -0.2) is 4.98 Å². The zero-order valence-corrected chi connectivity index (χ0v) is 17.4. The summed E-state index contributed by atoms with van der Waals surface area (Å²) in [6.45, 7) is 2.54. The van der Waals surface area contributed by atoms with Crippen molar-refractivity contribution in [3.05, 3.63) is 87.5 Å². The van der Waals surface area contributed by atoms with Crippen molar-refractivity contribution in [1.82, 2.24) is 9.55 Å². The van der Waals surface area contributed by atoms with E-state index in [-0.39, 0.29) is 11.5 Å². The molecule has 0 unspecified atom stereocenters. The highest BCUT2D eigenvalue weighted by Crippen LogP contribution is 2.24. The Bertz CT molecular complexity index is 1200. The number of amides is 1. The van der Waals surface area contributed by atoms with Gasteiger partial charge in [-0.3, -0.25) is 14.2 Å². The molecule has 2 aromatic heterocycles. The second-order valence-corrected chi connectivity index (χ2v) is 8.24. The third-order valence-electron chi connectivity index (χ3n) is 4.46. The van der Waals surface area contributed by atoms with E-state index in [1.165, 1.54) is 23.1 Å². The molecule has 0 spiro atoms. The lowest BCUT2D eigenvalue weighted by Gasteiger charge is -2.10. The summed E-state index contributed by atoms with van der Waals surface area (Å²) >= 11 is 2.96. The molecule has 0 fully saturated rings. The molecule has 0 saturated carbocycles. The summed E-state index contributed by atoms with van der Waals surface area (Å²) < 4.78 is 2.41. The standard InChI is InChI=1S/C22H19N3O2S2/c1-2-25-21(27)19-18(12-13-28-19)24-22(25)29-14-15-8-10-16(11-9-15)20(26)23-17-6-4-3-5-7-17/h3-13H,2,14H2,1H3,(H,23,26). The van der Waals surface area contributed by atoms with Crippen molar-refractivity contribution in [2.24, 2.45) is 0 Å². The Morgan fingerprint density at radius 3 is 2.59 bits per heavy atom. The second-order valence-electron chi connectivity index (χ2n) is 6.38. The number of para-hydroxylation sites is 1. The van der Waals surface area contributed by atoms with Crippen LogP contribution in [-0.2, 0) is 12.3 Å². The van der Waals surface area contributed by atoms with Crippen LogP contribution in [0.5, 0.6) is 0 Å². The fourth-order valence-electron chi connectivity index (χ4n) is 2.94. The quantitative estimate of drug-likeness (QED) is 0.351. The summed E-state index contributed by atoms with van der Waals surface area (Å²) in [4.78, 5) is 29.6. The van der Waals surface area contributed by atoms with E-state index in [1.54, 1.807) is 4.57 Å². The van der Waals surface area contributed by atoms with E-state index in [0.29, 0.717) is 27.7 Å². The maximum Gasteiger partial charge on any atom is 0.272 e. The lowest BCUT2D eigenvalue weighted by atomic mass is 10.1. The van der Waals surface area contributed by atoms with Gasteiger partial charge in [0.25, 0.3) is 11.5 Å². The van der Waals surface area contributed by atoms with Gasteiger partial charge in [0.2, 0.25) is 0 Å². The number of carbonyl (C=O) groups is 1. The van der Waals surface area contributed by atoms with E-state index < -0.39 is 0 Å². The molecule has 0 saturated heterocycles. The van der Waals surface area contributed by atoms with Crippen molar-refractivity contribution in [1.29, 1.82) is 0 Å². The van der Waals surface area contributed by atoms with Gasteiger partial charge in [0, 0.05) is 23.5 Å². The molecule has 29 heavy (non-hydrogen) atoms. The molecule has 4 rings (SSSR count). The van der Waals surface area contributed by atoms with Gasteiger partial charge in [0.05, 0.1) is 5.52 Å². The second kappa shape index (κ2) is 8.63. The normalized spacial score (nSPS) is 10.9. The summed E-state index contributed by atoms with van der Waals surface area (Å²) in [5.41, 5.74) is 3.20. The highest BCUT2D eigenvalue weighted by Gasteiger charge is 2.12. The van der Waals surface area contributed by atoms with Crippen LogP contribution in [0.4, 0.5) is 5.69 Å². The Balaban J connectivity index is 1.46. The van der Waals surface area contributed by atoms with Crippen molar-refractivity contribution < 1.29 is 4.79 Å². The highest BCUT2D eigenvalue weighted by atomic mass is 32.2. The van der Waals surface area contributed by atoms with Gasteiger partial charge in [-0.15, -0.1) is 11.3 Å². The first kappa shape index (κ1) is 19.4.